The SMILES string of the molecule is N#Cc1ccccc1COc1ccccc1/C=C1/SC(=O)N(CC2CCCCC2)C1=O. The Morgan fingerprint density at radius 2 is 1.81 bits per heavy atom. The van der Waals surface area contributed by atoms with Crippen LogP contribution in [0.25, 0.3) is 6.08 Å². The van der Waals surface area contributed by atoms with Gasteiger partial charge in [-0.15, -0.1) is 0 Å². The summed E-state index contributed by atoms with van der Waals surface area (Å²) >= 11 is 0.994. The first-order valence-corrected chi connectivity index (χ1v) is 11.4. The third-order valence-corrected chi connectivity index (χ3v) is 6.67. The molecule has 6 heteroatoms. The van der Waals surface area contributed by atoms with E-state index in [4.69, 9.17) is 4.74 Å². The molecule has 31 heavy (non-hydrogen) atoms. The number of amides is 2. The second kappa shape index (κ2) is 9.84. The third kappa shape index (κ3) is 5.00. The van der Waals surface area contributed by atoms with E-state index in [-0.39, 0.29) is 17.8 Å². The Balaban J connectivity index is 1.49. The van der Waals surface area contributed by atoms with Gasteiger partial charge in [0.1, 0.15) is 12.4 Å². The van der Waals surface area contributed by atoms with Gasteiger partial charge in [-0.1, -0.05) is 55.7 Å². The van der Waals surface area contributed by atoms with E-state index in [1.54, 1.807) is 12.1 Å². The molecule has 0 unspecified atom stereocenters. The van der Waals surface area contributed by atoms with Gasteiger partial charge in [-0.05, 0) is 48.7 Å². The summed E-state index contributed by atoms with van der Waals surface area (Å²) in [5.74, 6) is 0.803. The van der Waals surface area contributed by atoms with Crippen LogP contribution in [0.1, 0.15) is 48.8 Å². The fourth-order valence-electron chi connectivity index (χ4n) is 4.07. The summed E-state index contributed by atoms with van der Waals surface area (Å²) in [5.41, 5.74) is 2.11. The number of imide groups is 1. The molecule has 2 fully saturated rings. The van der Waals surface area contributed by atoms with Crippen LogP contribution in [0.4, 0.5) is 4.79 Å². The first-order valence-electron chi connectivity index (χ1n) is 10.6. The second-order valence-corrected chi connectivity index (χ2v) is 8.88. The van der Waals surface area contributed by atoms with E-state index in [9.17, 15) is 14.9 Å². The molecule has 0 spiro atoms. The van der Waals surface area contributed by atoms with Gasteiger partial charge in [-0.25, -0.2) is 0 Å². The van der Waals surface area contributed by atoms with E-state index in [1.165, 1.54) is 24.2 Å². The number of nitrogens with zero attached hydrogens (tertiary/aromatic N) is 2. The molecule has 1 saturated heterocycles. The first kappa shape index (κ1) is 21.2. The zero-order valence-electron chi connectivity index (χ0n) is 17.3. The normalized spacial score (nSPS) is 18.4. The average molecular weight is 433 g/mol. The quantitative estimate of drug-likeness (QED) is 0.543. The molecule has 1 heterocycles. The number of hydrogen-bond donors (Lipinski definition) is 0. The van der Waals surface area contributed by atoms with E-state index in [0.29, 0.717) is 28.7 Å². The number of carbonyl (C=O) groups excluding carboxylic acids is 2. The lowest BCUT2D eigenvalue weighted by atomic mass is 9.89. The van der Waals surface area contributed by atoms with Crippen LogP contribution in [0, 0.1) is 17.2 Å². The van der Waals surface area contributed by atoms with Gasteiger partial charge >= 0.3 is 0 Å². The number of benzene rings is 2. The molecule has 1 aliphatic carbocycles. The van der Waals surface area contributed by atoms with Crippen LogP contribution in [0.15, 0.2) is 53.4 Å². The van der Waals surface area contributed by atoms with Crippen molar-refractivity contribution in [3.8, 4) is 11.8 Å². The van der Waals surface area contributed by atoms with Gasteiger partial charge in [-0.3, -0.25) is 14.5 Å². The molecular formula is C25H24N2O3S. The van der Waals surface area contributed by atoms with Crippen LogP contribution in [0.3, 0.4) is 0 Å². The van der Waals surface area contributed by atoms with Gasteiger partial charge in [0.25, 0.3) is 11.1 Å². The van der Waals surface area contributed by atoms with Gasteiger partial charge in [-0.2, -0.15) is 5.26 Å². The van der Waals surface area contributed by atoms with Crippen LogP contribution in [0.5, 0.6) is 5.75 Å². The van der Waals surface area contributed by atoms with Crippen molar-refractivity contribution in [1.29, 1.82) is 5.26 Å². The van der Waals surface area contributed by atoms with E-state index >= 15 is 0 Å². The molecule has 0 N–H and O–H groups in total. The predicted molar refractivity (Wildman–Crippen MR) is 121 cm³/mol. The Bertz CT molecular complexity index is 1050. The monoisotopic (exact) mass is 432 g/mol. The fourth-order valence-corrected chi connectivity index (χ4v) is 4.91. The highest BCUT2D eigenvalue weighted by atomic mass is 32.2. The number of ether oxygens (including phenoxy) is 1. The molecule has 2 aromatic carbocycles. The number of para-hydroxylation sites is 1. The summed E-state index contributed by atoms with van der Waals surface area (Å²) in [6.45, 7) is 0.767. The Labute approximate surface area is 186 Å². The summed E-state index contributed by atoms with van der Waals surface area (Å²) in [5, 5.41) is 9.07. The molecule has 0 bridgehead atoms. The molecular weight excluding hydrogens is 408 g/mol. The summed E-state index contributed by atoms with van der Waals surface area (Å²) in [7, 11) is 0. The van der Waals surface area contributed by atoms with Crippen LogP contribution in [-0.2, 0) is 11.4 Å². The lowest BCUT2D eigenvalue weighted by molar-refractivity contribution is -0.123. The standard InChI is InChI=1S/C25H24N2O3S/c26-15-20-11-4-5-12-21(20)17-30-22-13-7-6-10-19(22)14-23-24(28)27(25(29)31-23)16-18-8-2-1-3-9-18/h4-7,10-14,18H,1-3,8-9,16-17H2/b23-14+. The minimum Gasteiger partial charge on any atom is -0.488 e. The Kier molecular flexibility index (Phi) is 6.73. The maximum Gasteiger partial charge on any atom is 0.293 e. The van der Waals surface area contributed by atoms with Gasteiger partial charge in [0.15, 0.2) is 0 Å². The van der Waals surface area contributed by atoms with Crippen molar-refractivity contribution in [2.75, 3.05) is 6.54 Å². The van der Waals surface area contributed by atoms with E-state index in [0.717, 1.165) is 35.7 Å². The molecule has 0 atom stereocenters. The van der Waals surface area contributed by atoms with Crippen LogP contribution in [-0.4, -0.2) is 22.6 Å². The molecule has 2 aromatic rings. The number of thioether (sulfide) groups is 1. The highest BCUT2D eigenvalue weighted by Crippen LogP contribution is 2.36. The third-order valence-electron chi connectivity index (χ3n) is 5.77. The molecule has 5 nitrogen and oxygen atoms in total. The van der Waals surface area contributed by atoms with Crippen LogP contribution in [0.2, 0.25) is 0 Å². The van der Waals surface area contributed by atoms with Crippen LogP contribution < -0.4 is 4.74 Å². The molecule has 4 rings (SSSR count). The summed E-state index contributed by atoms with van der Waals surface area (Å²) in [4.78, 5) is 27.2. The lowest BCUT2D eigenvalue weighted by Gasteiger charge is -2.25. The number of nitriles is 1. The predicted octanol–water partition coefficient (Wildman–Crippen LogP) is 5.75. The minimum absolute atomic E-state index is 0.192. The molecule has 0 radical (unpaired) electrons. The zero-order chi connectivity index (χ0) is 21.6. The van der Waals surface area contributed by atoms with Crippen molar-refractivity contribution >= 4 is 29.0 Å². The van der Waals surface area contributed by atoms with Gasteiger partial charge in [0.2, 0.25) is 0 Å². The van der Waals surface area contributed by atoms with Gasteiger partial charge in [0, 0.05) is 17.7 Å². The van der Waals surface area contributed by atoms with Crippen LogP contribution >= 0.6 is 11.8 Å². The van der Waals surface area contributed by atoms with Crippen molar-refractivity contribution in [1.82, 2.24) is 4.90 Å². The highest BCUT2D eigenvalue weighted by Gasteiger charge is 2.36. The Hall–Kier alpha value is -3.04. The molecule has 2 aliphatic rings. The van der Waals surface area contributed by atoms with E-state index < -0.39 is 0 Å². The fraction of sp³-hybridized carbons (Fsp3) is 0.320. The number of hydrogen-bond acceptors (Lipinski definition) is 5. The molecule has 0 aromatic heterocycles. The maximum absolute atomic E-state index is 12.9. The summed E-state index contributed by atoms with van der Waals surface area (Å²) in [6.07, 6.45) is 7.50. The molecule has 1 aliphatic heterocycles. The van der Waals surface area contributed by atoms with Crippen molar-refractivity contribution in [3.05, 3.63) is 70.1 Å². The first-order chi connectivity index (χ1) is 15.2. The molecule has 2 amide bonds. The van der Waals surface area contributed by atoms with E-state index in [1.807, 2.05) is 42.5 Å². The minimum atomic E-state index is -0.217. The van der Waals surface area contributed by atoms with Crippen molar-refractivity contribution in [2.24, 2.45) is 5.92 Å². The summed E-state index contributed by atoms with van der Waals surface area (Å²) in [6, 6.07) is 16.9. The lowest BCUT2D eigenvalue weighted by Crippen LogP contribution is -2.34. The van der Waals surface area contributed by atoms with Gasteiger partial charge in [0.05, 0.1) is 16.5 Å². The maximum atomic E-state index is 12.9. The molecule has 1 saturated carbocycles. The van der Waals surface area contributed by atoms with Crippen molar-refractivity contribution in [3.63, 3.8) is 0 Å². The average Bonchev–Trinajstić information content (AvgIpc) is 3.06. The smallest absolute Gasteiger partial charge is 0.293 e. The zero-order valence-corrected chi connectivity index (χ0v) is 18.1. The van der Waals surface area contributed by atoms with Gasteiger partial charge < -0.3 is 4.74 Å². The molecule has 158 valence electrons. The topological polar surface area (TPSA) is 70.4 Å². The van der Waals surface area contributed by atoms with Crippen molar-refractivity contribution < 1.29 is 14.3 Å². The number of carbonyl (C=O) groups is 2. The largest absolute Gasteiger partial charge is 0.488 e. The highest BCUT2D eigenvalue weighted by molar-refractivity contribution is 8.18. The summed E-state index contributed by atoms with van der Waals surface area (Å²) < 4.78 is 5.97. The second-order valence-electron chi connectivity index (χ2n) is 7.89. The van der Waals surface area contributed by atoms with Crippen molar-refractivity contribution in [2.45, 2.75) is 38.7 Å². The Morgan fingerprint density at radius 1 is 1.06 bits per heavy atom. The Morgan fingerprint density at radius 3 is 2.61 bits per heavy atom. The van der Waals surface area contributed by atoms with E-state index in [2.05, 4.69) is 6.07 Å². The number of rotatable bonds is 6.